The molecule has 1 nitrogen and oxygen atoms in total. The zero-order chi connectivity index (χ0) is 16.0. The van der Waals surface area contributed by atoms with E-state index in [1.54, 1.807) is 13.0 Å². The van der Waals surface area contributed by atoms with Crippen LogP contribution in [0.4, 0.5) is 8.78 Å². The summed E-state index contributed by atoms with van der Waals surface area (Å²) in [7, 11) is 0. The fraction of sp³-hybridized carbons (Fsp3) is 0.368. The first kappa shape index (κ1) is 15.0. The summed E-state index contributed by atoms with van der Waals surface area (Å²) < 4.78 is 35.9. The smallest absolute Gasteiger partial charge is 0.144 e. The molecule has 0 bridgehead atoms. The van der Waals surface area contributed by atoms with Crippen molar-refractivity contribution < 1.29 is 13.5 Å². The Morgan fingerprint density at radius 2 is 1.83 bits per heavy atom. The maximum Gasteiger partial charge on any atom is 0.144 e. The largest absolute Gasteiger partial charge is 0.378 e. The predicted molar refractivity (Wildman–Crippen MR) is 91.3 cm³/mol. The van der Waals surface area contributed by atoms with Crippen LogP contribution in [0.5, 0.6) is 0 Å². The number of ether oxygens (including phenoxy) is 1. The molecule has 4 rings (SSSR count). The van der Waals surface area contributed by atoms with Crippen LogP contribution in [0, 0.1) is 18.6 Å². The molecular formula is C19H18F2OS. The second kappa shape index (κ2) is 5.84. The number of benzene rings is 2. The minimum Gasteiger partial charge on any atom is -0.378 e. The van der Waals surface area contributed by atoms with Crippen molar-refractivity contribution in [3.8, 4) is 0 Å². The van der Waals surface area contributed by atoms with Crippen LogP contribution in [0.1, 0.15) is 30.4 Å². The number of thiophene rings is 1. The molecular weight excluding hydrogens is 314 g/mol. The fourth-order valence-electron chi connectivity index (χ4n) is 3.36. The van der Waals surface area contributed by atoms with Crippen LogP contribution in [0.15, 0.2) is 24.3 Å². The van der Waals surface area contributed by atoms with Gasteiger partial charge in [0, 0.05) is 17.4 Å². The molecule has 0 N–H and O–H groups in total. The molecule has 1 aromatic heterocycles. The average Bonchev–Trinajstić information content (AvgIpc) is 3.18. The van der Waals surface area contributed by atoms with Gasteiger partial charge in [-0.3, -0.25) is 0 Å². The summed E-state index contributed by atoms with van der Waals surface area (Å²) >= 11 is 1.22. The normalized spacial score (nSPS) is 18.3. The molecule has 0 spiro atoms. The summed E-state index contributed by atoms with van der Waals surface area (Å²) in [5.74, 6) is -0.428. The number of hydrogen-bond donors (Lipinski definition) is 0. The first-order chi connectivity index (χ1) is 11.1. The number of fused-ring (bicyclic) bond motifs is 3. The maximum atomic E-state index is 14.9. The van der Waals surface area contributed by atoms with Crippen LogP contribution in [0.25, 0.3) is 20.2 Å². The SMILES string of the molecule is Cc1ccc2c(sc3c(F)c(CCC4CCCO4)ccc32)c1F. The summed E-state index contributed by atoms with van der Waals surface area (Å²) in [6.45, 7) is 2.56. The molecule has 1 unspecified atom stereocenters. The number of hydrogen-bond acceptors (Lipinski definition) is 2. The van der Waals surface area contributed by atoms with Crippen molar-refractivity contribution in [3.63, 3.8) is 0 Å². The van der Waals surface area contributed by atoms with Gasteiger partial charge in [-0.25, -0.2) is 8.78 Å². The highest BCUT2D eigenvalue weighted by molar-refractivity contribution is 7.25. The van der Waals surface area contributed by atoms with Crippen molar-refractivity contribution in [3.05, 3.63) is 47.0 Å². The van der Waals surface area contributed by atoms with Crippen molar-refractivity contribution in [1.29, 1.82) is 0 Å². The van der Waals surface area contributed by atoms with Gasteiger partial charge in [-0.15, -0.1) is 11.3 Å². The quantitative estimate of drug-likeness (QED) is 0.593. The van der Waals surface area contributed by atoms with Crippen molar-refractivity contribution >= 4 is 31.5 Å². The Morgan fingerprint density at radius 1 is 1.09 bits per heavy atom. The molecule has 2 aromatic carbocycles. The predicted octanol–water partition coefficient (Wildman–Crippen LogP) is 5.75. The second-order valence-corrected chi connectivity index (χ2v) is 7.28. The third kappa shape index (κ3) is 2.54. The molecule has 1 saturated heterocycles. The Kier molecular flexibility index (Phi) is 3.82. The van der Waals surface area contributed by atoms with Crippen molar-refractivity contribution in [1.82, 2.24) is 0 Å². The summed E-state index contributed by atoms with van der Waals surface area (Å²) in [6.07, 6.45) is 3.94. The van der Waals surface area contributed by atoms with Crippen molar-refractivity contribution in [2.75, 3.05) is 6.61 Å². The van der Waals surface area contributed by atoms with E-state index in [0.717, 1.165) is 36.6 Å². The molecule has 1 aliphatic rings. The highest BCUT2D eigenvalue weighted by Crippen LogP contribution is 2.38. The minimum absolute atomic E-state index is 0.196. The maximum absolute atomic E-state index is 14.9. The molecule has 3 aromatic rings. The second-order valence-electron chi connectivity index (χ2n) is 6.26. The summed E-state index contributed by atoms with van der Waals surface area (Å²) in [5.41, 5.74) is 1.31. The van der Waals surface area contributed by atoms with Crippen LogP contribution in [0.2, 0.25) is 0 Å². The van der Waals surface area contributed by atoms with Gasteiger partial charge in [-0.1, -0.05) is 24.3 Å². The molecule has 120 valence electrons. The summed E-state index contributed by atoms with van der Waals surface area (Å²) in [6, 6.07) is 7.42. The monoisotopic (exact) mass is 332 g/mol. The van der Waals surface area contributed by atoms with E-state index in [9.17, 15) is 8.78 Å². The van der Waals surface area contributed by atoms with Gasteiger partial charge in [-0.05, 0) is 43.7 Å². The molecule has 0 radical (unpaired) electrons. The van der Waals surface area contributed by atoms with E-state index in [2.05, 4.69) is 0 Å². The van der Waals surface area contributed by atoms with E-state index in [-0.39, 0.29) is 17.7 Å². The number of rotatable bonds is 3. The van der Waals surface area contributed by atoms with Gasteiger partial charge < -0.3 is 4.74 Å². The first-order valence-corrected chi connectivity index (χ1v) is 8.87. The molecule has 0 amide bonds. The zero-order valence-corrected chi connectivity index (χ0v) is 13.8. The highest BCUT2D eigenvalue weighted by Gasteiger charge is 2.19. The van der Waals surface area contributed by atoms with E-state index in [0.29, 0.717) is 26.9 Å². The van der Waals surface area contributed by atoms with Crippen LogP contribution in [-0.2, 0) is 11.2 Å². The number of halogens is 2. The Balaban J connectivity index is 1.75. The molecule has 0 saturated carbocycles. The lowest BCUT2D eigenvalue weighted by Gasteiger charge is -2.09. The average molecular weight is 332 g/mol. The summed E-state index contributed by atoms with van der Waals surface area (Å²) in [4.78, 5) is 0. The zero-order valence-electron chi connectivity index (χ0n) is 13.0. The van der Waals surface area contributed by atoms with Crippen LogP contribution in [-0.4, -0.2) is 12.7 Å². The lowest BCUT2D eigenvalue weighted by molar-refractivity contribution is 0.104. The van der Waals surface area contributed by atoms with E-state index in [1.165, 1.54) is 11.3 Å². The van der Waals surface area contributed by atoms with E-state index in [4.69, 9.17) is 4.74 Å². The van der Waals surface area contributed by atoms with Gasteiger partial charge >= 0.3 is 0 Å². The van der Waals surface area contributed by atoms with E-state index < -0.39 is 0 Å². The van der Waals surface area contributed by atoms with Gasteiger partial charge in [0.15, 0.2) is 0 Å². The fourth-order valence-corrected chi connectivity index (χ4v) is 4.61. The molecule has 0 aliphatic carbocycles. The Morgan fingerprint density at radius 3 is 2.57 bits per heavy atom. The number of aryl methyl sites for hydroxylation is 2. The van der Waals surface area contributed by atoms with Gasteiger partial charge in [0.25, 0.3) is 0 Å². The van der Waals surface area contributed by atoms with E-state index >= 15 is 0 Å². The van der Waals surface area contributed by atoms with Gasteiger partial charge in [0.1, 0.15) is 11.6 Å². The van der Waals surface area contributed by atoms with E-state index in [1.807, 2.05) is 18.2 Å². The summed E-state index contributed by atoms with van der Waals surface area (Å²) in [5, 5.41) is 1.61. The third-order valence-corrected chi connectivity index (χ3v) is 5.93. The van der Waals surface area contributed by atoms with Gasteiger partial charge in [0.05, 0.1) is 15.5 Å². The first-order valence-electron chi connectivity index (χ1n) is 8.05. The molecule has 23 heavy (non-hydrogen) atoms. The van der Waals surface area contributed by atoms with Crippen LogP contribution >= 0.6 is 11.3 Å². The Labute approximate surface area is 137 Å². The van der Waals surface area contributed by atoms with Crippen molar-refractivity contribution in [2.45, 2.75) is 38.7 Å². The molecule has 1 fully saturated rings. The molecule has 2 heterocycles. The van der Waals surface area contributed by atoms with Gasteiger partial charge in [0.2, 0.25) is 0 Å². The lowest BCUT2D eigenvalue weighted by Crippen LogP contribution is -2.06. The van der Waals surface area contributed by atoms with Crippen LogP contribution in [0.3, 0.4) is 0 Å². The van der Waals surface area contributed by atoms with Crippen molar-refractivity contribution in [2.24, 2.45) is 0 Å². The Hall–Kier alpha value is -1.52. The van der Waals surface area contributed by atoms with Gasteiger partial charge in [-0.2, -0.15) is 0 Å². The van der Waals surface area contributed by atoms with Crippen LogP contribution < -0.4 is 0 Å². The Bertz CT molecular complexity index is 878. The highest BCUT2D eigenvalue weighted by atomic mass is 32.1. The lowest BCUT2D eigenvalue weighted by atomic mass is 10.0. The topological polar surface area (TPSA) is 9.23 Å². The molecule has 1 atom stereocenters. The minimum atomic E-state index is -0.232. The molecule has 1 aliphatic heterocycles. The standard InChI is InChI=1S/C19H18F2OS/c1-11-4-8-14-15-9-6-12(5-7-13-3-2-10-22-13)17(21)19(15)23-18(14)16(11)20/h4,6,8-9,13H,2-3,5,7,10H2,1H3. The third-order valence-electron chi connectivity index (χ3n) is 4.72. The molecule has 4 heteroatoms.